The Morgan fingerprint density at radius 1 is 1.25 bits per heavy atom. The predicted molar refractivity (Wildman–Crippen MR) is 64.5 cm³/mol. The average molecular weight is 220 g/mol. The molecule has 1 N–H and O–H groups in total. The summed E-state index contributed by atoms with van der Waals surface area (Å²) >= 11 is 0. The second-order valence-corrected chi connectivity index (χ2v) is 5.07. The lowest BCUT2D eigenvalue weighted by molar-refractivity contribution is -0.133. The Hall–Kier alpha value is -0.860. The minimum Gasteiger partial charge on any atom is -0.385 e. The molecule has 1 fully saturated rings. The summed E-state index contributed by atoms with van der Waals surface area (Å²) in [6, 6.07) is 8.30. The molecule has 1 aromatic carbocycles. The smallest absolute Gasteiger partial charge is 0.0945 e. The zero-order valence-corrected chi connectivity index (χ0v) is 10.2. The van der Waals surface area contributed by atoms with Gasteiger partial charge in [-0.3, -0.25) is 0 Å². The molecule has 0 saturated heterocycles. The van der Waals surface area contributed by atoms with Crippen LogP contribution in [0.25, 0.3) is 0 Å². The maximum Gasteiger partial charge on any atom is 0.0945 e. The van der Waals surface area contributed by atoms with Gasteiger partial charge in [0.2, 0.25) is 0 Å². The Morgan fingerprint density at radius 2 is 1.81 bits per heavy atom. The van der Waals surface area contributed by atoms with Crippen molar-refractivity contribution in [3.63, 3.8) is 0 Å². The monoisotopic (exact) mass is 220 g/mol. The van der Waals surface area contributed by atoms with Crippen LogP contribution in [-0.4, -0.2) is 18.3 Å². The third kappa shape index (κ3) is 2.00. The first kappa shape index (κ1) is 11.6. The maximum atomic E-state index is 10.3. The van der Waals surface area contributed by atoms with E-state index in [4.69, 9.17) is 4.74 Å². The molecule has 0 aromatic heterocycles. The zero-order chi connectivity index (χ0) is 11.8. The molecule has 1 aliphatic rings. The molecular weight excluding hydrogens is 200 g/mol. The molecule has 1 aliphatic carbocycles. The van der Waals surface area contributed by atoms with Crippen molar-refractivity contribution in [3.8, 4) is 0 Å². The van der Waals surface area contributed by atoms with Crippen LogP contribution in [0.4, 0.5) is 0 Å². The molecule has 0 amide bonds. The molecule has 0 atom stereocenters. The van der Waals surface area contributed by atoms with E-state index in [0.29, 0.717) is 18.8 Å². The number of ether oxygens (including phenoxy) is 1. The number of hydrogen-bond acceptors (Lipinski definition) is 2. The fourth-order valence-electron chi connectivity index (χ4n) is 2.27. The number of aliphatic hydroxyl groups is 1. The molecule has 0 spiro atoms. The minimum atomic E-state index is -0.657. The Morgan fingerprint density at radius 3 is 2.25 bits per heavy atom. The quantitative estimate of drug-likeness (QED) is 0.848. The van der Waals surface area contributed by atoms with E-state index in [1.807, 2.05) is 12.1 Å². The molecule has 0 unspecified atom stereocenters. The van der Waals surface area contributed by atoms with Crippen molar-refractivity contribution in [2.75, 3.05) is 7.11 Å². The first-order valence-corrected chi connectivity index (χ1v) is 5.91. The van der Waals surface area contributed by atoms with Gasteiger partial charge < -0.3 is 9.84 Å². The molecule has 88 valence electrons. The number of hydrogen-bond donors (Lipinski definition) is 1. The van der Waals surface area contributed by atoms with Gasteiger partial charge in [-0.25, -0.2) is 0 Å². The maximum absolute atomic E-state index is 10.3. The normalized spacial score (nSPS) is 29.2. The van der Waals surface area contributed by atoms with Gasteiger partial charge in [-0.1, -0.05) is 38.1 Å². The molecule has 0 radical (unpaired) electrons. The zero-order valence-electron chi connectivity index (χ0n) is 10.2. The molecule has 1 saturated carbocycles. The highest BCUT2D eigenvalue weighted by Crippen LogP contribution is 2.42. The summed E-state index contributed by atoms with van der Waals surface area (Å²) in [5.74, 6) is 0.539. The topological polar surface area (TPSA) is 29.5 Å². The SMILES string of the molecule is COC1CC(O)(c2ccc(C(C)C)cc2)C1. The van der Waals surface area contributed by atoms with Crippen molar-refractivity contribution in [1.82, 2.24) is 0 Å². The van der Waals surface area contributed by atoms with Crippen LogP contribution in [0.5, 0.6) is 0 Å². The van der Waals surface area contributed by atoms with Crippen LogP contribution in [0.1, 0.15) is 43.7 Å². The summed E-state index contributed by atoms with van der Waals surface area (Å²) in [6.07, 6.45) is 1.64. The van der Waals surface area contributed by atoms with Crippen molar-refractivity contribution in [1.29, 1.82) is 0 Å². The Balaban J connectivity index is 2.11. The first-order chi connectivity index (χ1) is 7.55. The van der Waals surface area contributed by atoms with Crippen molar-refractivity contribution < 1.29 is 9.84 Å². The van der Waals surface area contributed by atoms with Crippen molar-refractivity contribution >= 4 is 0 Å². The van der Waals surface area contributed by atoms with Crippen LogP contribution in [0.15, 0.2) is 24.3 Å². The Labute approximate surface area is 97.3 Å². The highest BCUT2D eigenvalue weighted by molar-refractivity contribution is 5.30. The Bertz CT molecular complexity index is 348. The second kappa shape index (κ2) is 4.19. The summed E-state index contributed by atoms with van der Waals surface area (Å²) < 4.78 is 5.21. The highest BCUT2D eigenvalue weighted by Gasteiger charge is 2.44. The van der Waals surface area contributed by atoms with Gasteiger partial charge in [0.25, 0.3) is 0 Å². The molecular formula is C14H20O2. The van der Waals surface area contributed by atoms with Crippen LogP contribution in [0.3, 0.4) is 0 Å². The molecule has 0 bridgehead atoms. The van der Waals surface area contributed by atoms with E-state index in [1.54, 1.807) is 7.11 Å². The van der Waals surface area contributed by atoms with Gasteiger partial charge in [0.05, 0.1) is 11.7 Å². The lowest BCUT2D eigenvalue weighted by Crippen LogP contribution is -2.45. The summed E-state index contributed by atoms with van der Waals surface area (Å²) in [7, 11) is 1.70. The molecule has 16 heavy (non-hydrogen) atoms. The first-order valence-electron chi connectivity index (χ1n) is 5.91. The molecule has 2 heteroatoms. The van der Waals surface area contributed by atoms with E-state index in [0.717, 1.165) is 5.56 Å². The lowest BCUT2D eigenvalue weighted by atomic mass is 9.72. The van der Waals surface area contributed by atoms with E-state index in [2.05, 4.69) is 26.0 Å². The second-order valence-electron chi connectivity index (χ2n) is 5.07. The van der Waals surface area contributed by atoms with Crippen molar-refractivity contribution in [2.24, 2.45) is 0 Å². The molecule has 0 aliphatic heterocycles. The van der Waals surface area contributed by atoms with Crippen molar-refractivity contribution in [2.45, 2.75) is 44.3 Å². The van der Waals surface area contributed by atoms with Gasteiger partial charge in [0, 0.05) is 20.0 Å². The number of benzene rings is 1. The van der Waals surface area contributed by atoms with E-state index < -0.39 is 5.60 Å². The summed E-state index contributed by atoms with van der Waals surface area (Å²) in [6.45, 7) is 4.35. The van der Waals surface area contributed by atoms with Gasteiger partial charge in [0.15, 0.2) is 0 Å². The van der Waals surface area contributed by atoms with Gasteiger partial charge in [-0.15, -0.1) is 0 Å². The molecule has 0 heterocycles. The molecule has 2 nitrogen and oxygen atoms in total. The fourth-order valence-corrected chi connectivity index (χ4v) is 2.27. The summed E-state index contributed by atoms with van der Waals surface area (Å²) in [5, 5.41) is 10.3. The van der Waals surface area contributed by atoms with E-state index in [-0.39, 0.29) is 6.10 Å². The van der Waals surface area contributed by atoms with E-state index >= 15 is 0 Å². The van der Waals surface area contributed by atoms with Crippen LogP contribution < -0.4 is 0 Å². The van der Waals surface area contributed by atoms with Crippen LogP contribution >= 0.6 is 0 Å². The van der Waals surface area contributed by atoms with E-state index in [9.17, 15) is 5.11 Å². The highest BCUT2D eigenvalue weighted by atomic mass is 16.5. The molecule has 1 aromatic rings. The summed E-state index contributed by atoms with van der Waals surface area (Å²) in [5.41, 5.74) is 1.68. The largest absolute Gasteiger partial charge is 0.385 e. The van der Waals surface area contributed by atoms with Gasteiger partial charge in [-0.2, -0.15) is 0 Å². The van der Waals surface area contributed by atoms with Crippen LogP contribution in [0.2, 0.25) is 0 Å². The lowest BCUT2D eigenvalue weighted by Gasteiger charge is -2.43. The standard InChI is InChI=1S/C14H20O2/c1-10(2)11-4-6-12(7-5-11)14(15)8-13(9-14)16-3/h4-7,10,13,15H,8-9H2,1-3H3. The van der Waals surface area contributed by atoms with Gasteiger partial charge >= 0.3 is 0 Å². The Kier molecular flexibility index (Phi) is 3.04. The third-order valence-corrected chi connectivity index (χ3v) is 3.58. The summed E-state index contributed by atoms with van der Waals surface area (Å²) in [4.78, 5) is 0. The third-order valence-electron chi connectivity index (χ3n) is 3.58. The van der Waals surface area contributed by atoms with Crippen molar-refractivity contribution in [3.05, 3.63) is 35.4 Å². The van der Waals surface area contributed by atoms with Crippen LogP contribution in [-0.2, 0) is 10.3 Å². The van der Waals surface area contributed by atoms with Gasteiger partial charge in [0.1, 0.15) is 0 Å². The fraction of sp³-hybridized carbons (Fsp3) is 0.571. The van der Waals surface area contributed by atoms with Crippen LogP contribution in [0, 0.1) is 0 Å². The van der Waals surface area contributed by atoms with Gasteiger partial charge in [-0.05, 0) is 17.0 Å². The number of methoxy groups -OCH3 is 1. The molecule has 2 rings (SSSR count). The van der Waals surface area contributed by atoms with E-state index in [1.165, 1.54) is 5.56 Å². The predicted octanol–water partition coefficient (Wildman–Crippen LogP) is 2.81. The average Bonchev–Trinajstić information content (AvgIpc) is 2.25. The number of rotatable bonds is 3. The minimum absolute atomic E-state index is 0.217.